The quantitative estimate of drug-likeness (QED) is 0.712. The zero-order valence-electron chi connectivity index (χ0n) is 14.9. The highest BCUT2D eigenvalue weighted by Gasteiger charge is 2.21. The first-order valence-corrected chi connectivity index (χ1v) is 9.01. The second-order valence-corrected chi connectivity index (χ2v) is 7.00. The number of hydrogen-bond donors (Lipinski definition) is 0. The molecule has 0 radical (unpaired) electrons. The number of aromatic nitrogens is 1. The number of aryl methyl sites for hydroxylation is 1. The molecular formula is C22H24N2O. The minimum Gasteiger partial charge on any atom is -0.473 e. The number of para-hydroxylation sites is 1. The molecule has 1 aromatic heterocycles. The van der Waals surface area contributed by atoms with Crippen molar-refractivity contribution in [3.05, 3.63) is 71.3 Å². The van der Waals surface area contributed by atoms with Crippen LogP contribution in [-0.2, 0) is 13.0 Å². The molecule has 25 heavy (non-hydrogen) atoms. The number of ether oxygens (including phenoxy) is 1. The maximum absolute atomic E-state index is 6.15. The third kappa shape index (κ3) is 3.52. The molecule has 0 saturated heterocycles. The van der Waals surface area contributed by atoms with Crippen molar-refractivity contribution in [2.75, 3.05) is 13.1 Å². The molecule has 0 aliphatic carbocycles. The molecule has 3 nitrogen and oxygen atoms in total. The zero-order valence-corrected chi connectivity index (χ0v) is 14.9. The first-order valence-electron chi connectivity index (χ1n) is 9.01. The topological polar surface area (TPSA) is 25.4 Å². The van der Waals surface area contributed by atoms with Crippen LogP contribution in [0.4, 0.5) is 0 Å². The monoisotopic (exact) mass is 332 g/mol. The lowest BCUT2D eigenvalue weighted by Gasteiger charge is -2.21. The Hall–Kier alpha value is -2.39. The smallest absolute Gasteiger partial charge is 0.218 e. The van der Waals surface area contributed by atoms with E-state index in [1.807, 2.05) is 0 Å². The van der Waals surface area contributed by atoms with Gasteiger partial charge in [0.1, 0.15) is 6.10 Å². The second-order valence-electron chi connectivity index (χ2n) is 7.00. The van der Waals surface area contributed by atoms with Gasteiger partial charge in [0, 0.05) is 30.6 Å². The van der Waals surface area contributed by atoms with Gasteiger partial charge in [0.25, 0.3) is 0 Å². The Bertz CT molecular complexity index is 876. The molecule has 128 valence electrons. The molecule has 2 aromatic carbocycles. The first kappa shape index (κ1) is 16.1. The summed E-state index contributed by atoms with van der Waals surface area (Å²) in [7, 11) is 0. The van der Waals surface area contributed by atoms with Gasteiger partial charge in [-0.3, -0.25) is 4.90 Å². The van der Waals surface area contributed by atoms with Crippen LogP contribution in [0.15, 0.2) is 54.6 Å². The Morgan fingerprint density at radius 3 is 2.80 bits per heavy atom. The van der Waals surface area contributed by atoms with E-state index in [2.05, 4.69) is 73.3 Å². The Kier molecular flexibility index (Phi) is 4.41. The normalized spacial score (nSPS) is 17.8. The molecule has 0 saturated carbocycles. The lowest BCUT2D eigenvalue weighted by Crippen LogP contribution is -2.32. The van der Waals surface area contributed by atoms with E-state index in [4.69, 9.17) is 9.72 Å². The molecule has 1 aliphatic rings. The SMILES string of the molecule is Cc1cccc2cc3c(nc12)OC(C)CN(CCc1ccccc1)C3. The van der Waals surface area contributed by atoms with Crippen molar-refractivity contribution in [3.8, 4) is 5.88 Å². The minimum absolute atomic E-state index is 0.144. The summed E-state index contributed by atoms with van der Waals surface area (Å²) < 4.78 is 6.15. The van der Waals surface area contributed by atoms with Gasteiger partial charge in [-0.1, -0.05) is 48.5 Å². The number of pyridine rings is 1. The van der Waals surface area contributed by atoms with E-state index >= 15 is 0 Å². The molecule has 0 amide bonds. The Morgan fingerprint density at radius 2 is 1.96 bits per heavy atom. The fourth-order valence-corrected chi connectivity index (χ4v) is 3.59. The lowest BCUT2D eigenvalue weighted by molar-refractivity contribution is 0.158. The van der Waals surface area contributed by atoms with E-state index in [0.29, 0.717) is 0 Å². The molecule has 1 unspecified atom stereocenters. The van der Waals surface area contributed by atoms with Crippen LogP contribution < -0.4 is 4.74 Å². The third-order valence-corrected chi connectivity index (χ3v) is 4.87. The van der Waals surface area contributed by atoms with Crippen LogP contribution in [0.1, 0.15) is 23.6 Å². The maximum atomic E-state index is 6.15. The van der Waals surface area contributed by atoms with Gasteiger partial charge in [0.15, 0.2) is 0 Å². The highest BCUT2D eigenvalue weighted by atomic mass is 16.5. The van der Waals surface area contributed by atoms with Crippen LogP contribution in [0.5, 0.6) is 5.88 Å². The number of benzene rings is 2. The minimum atomic E-state index is 0.144. The van der Waals surface area contributed by atoms with Gasteiger partial charge in [0.05, 0.1) is 5.52 Å². The Morgan fingerprint density at radius 1 is 1.12 bits per heavy atom. The van der Waals surface area contributed by atoms with E-state index < -0.39 is 0 Å². The van der Waals surface area contributed by atoms with Crippen LogP contribution >= 0.6 is 0 Å². The Labute approximate surface area is 149 Å². The van der Waals surface area contributed by atoms with Crippen LogP contribution in [0, 0.1) is 6.92 Å². The van der Waals surface area contributed by atoms with Crippen LogP contribution in [0.3, 0.4) is 0 Å². The van der Waals surface area contributed by atoms with Crippen molar-refractivity contribution >= 4 is 10.9 Å². The third-order valence-electron chi connectivity index (χ3n) is 4.87. The predicted octanol–water partition coefficient (Wildman–Crippen LogP) is 4.37. The first-order chi connectivity index (χ1) is 12.2. The molecule has 0 N–H and O–H groups in total. The van der Waals surface area contributed by atoms with Gasteiger partial charge < -0.3 is 4.74 Å². The maximum Gasteiger partial charge on any atom is 0.218 e. The molecule has 4 rings (SSSR count). The van der Waals surface area contributed by atoms with Crippen molar-refractivity contribution in [2.24, 2.45) is 0 Å². The summed E-state index contributed by atoms with van der Waals surface area (Å²) in [5.41, 5.74) is 4.82. The summed E-state index contributed by atoms with van der Waals surface area (Å²) >= 11 is 0. The van der Waals surface area contributed by atoms with Gasteiger partial charge in [0.2, 0.25) is 5.88 Å². The van der Waals surface area contributed by atoms with Gasteiger partial charge >= 0.3 is 0 Å². The number of fused-ring (bicyclic) bond motifs is 2. The Balaban J connectivity index is 1.60. The molecule has 0 spiro atoms. The van der Waals surface area contributed by atoms with Crippen molar-refractivity contribution in [1.82, 2.24) is 9.88 Å². The van der Waals surface area contributed by atoms with Gasteiger partial charge in [-0.15, -0.1) is 0 Å². The van der Waals surface area contributed by atoms with Crippen molar-refractivity contribution in [2.45, 2.75) is 32.9 Å². The summed E-state index contributed by atoms with van der Waals surface area (Å²) in [6.45, 7) is 7.09. The fourth-order valence-electron chi connectivity index (χ4n) is 3.59. The molecule has 0 bridgehead atoms. The van der Waals surface area contributed by atoms with E-state index in [1.54, 1.807) is 0 Å². The standard InChI is InChI=1S/C22H24N2O/c1-16-7-6-10-19-13-20-15-24(12-11-18-8-4-3-5-9-18)14-17(2)25-22(20)23-21(16)19/h3-10,13,17H,11-12,14-15H2,1-2H3. The van der Waals surface area contributed by atoms with Crippen LogP contribution in [0.2, 0.25) is 0 Å². The number of nitrogens with zero attached hydrogens (tertiary/aromatic N) is 2. The molecule has 1 aliphatic heterocycles. The average Bonchev–Trinajstić information content (AvgIpc) is 2.77. The van der Waals surface area contributed by atoms with Gasteiger partial charge in [-0.2, -0.15) is 0 Å². The molecular weight excluding hydrogens is 308 g/mol. The highest BCUT2D eigenvalue weighted by molar-refractivity contribution is 5.83. The van der Waals surface area contributed by atoms with Crippen molar-refractivity contribution < 1.29 is 4.74 Å². The van der Waals surface area contributed by atoms with E-state index in [1.165, 1.54) is 22.1 Å². The van der Waals surface area contributed by atoms with Crippen molar-refractivity contribution in [3.63, 3.8) is 0 Å². The average molecular weight is 332 g/mol. The zero-order chi connectivity index (χ0) is 17.2. The summed E-state index contributed by atoms with van der Waals surface area (Å²) in [5.74, 6) is 0.802. The molecule has 3 heteroatoms. The van der Waals surface area contributed by atoms with E-state index in [9.17, 15) is 0 Å². The predicted molar refractivity (Wildman–Crippen MR) is 102 cm³/mol. The lowest BCUT2D eigenvalue weighted by atomic mass is 10.1. The second kappa shape index (κ2) is 6.85. The van der Waals surface area contributed by atoms with E-state index in [0.717, 1.165) is 37.5 Å². The summed E-state index contributed by atoms with van der Waals surface area (Å²) in [6, 6.07) is 19.3. The van der Waals surface area contributed by atoms with Crippen molar-refractivity contribution in [1.29, 1.82) is 0 Å². The fraction of sp³-hybridized carbons (Fsp3) is 0.318. The highest BCUT2D eigenvalue weighted by Crippen LogP contribution is 2.28. The molecule has 3 aromatic rings. The largest absolute Gasteiger partial charge is 0.473 e. The van der Waals surface area contributed by atoms with E-state index in [-0.39, 0.29) is 6.10 Å². The molecule has 2 heterocycles. The van der Waals surface area contributed by atoms with Gasteiger partial charge in [-0.05, 0) is 37.5 Å². The van der Waals surface area contributed by atoms with Gasteiger partial charge in [-0.25, -0.2) is 4.98 Å². The summed E-state index contributed by atoms with van der Waals surface area (Å²) in [6.07, 6.45) is 1.20. The molecule has 0 fully saturated rings. The summed E-state index contributed by atoms with van der Waals surface area (Å²) in [4.78, 5) is 7.31. The number of hydrogen-bond acceptors (Lipinski definition) is 3. The van der Waals surface area contributed by atoms with Crippen LogP contribution in [-0.4, -0.2) is 29.1 Å². The van der Waals surface area contributed by atoms with Crippen LogP contribution in [0.25, 0.3) is 10.9 Å². The number of rotatable bonds is 3. The summed E-state index contributed by atoms with van der Waals surface area (Å²) in [5, 5.41) is 1.19. The molecule has 1 atom stereocenters.